The summed E-state index contributed by atoms with van der Waals surface area (Å²) in [5, 5.41) is 0. The number of urea groups is 1. The van der Waals surface area contributed by atoms with Gasteiger partial charge in [-0.05, 0) is 55.9 Å². The predicted molar refractivity (Wildman–Crippen MR) is 60.4 cm³/mol. The molecular formula is C7H5Br2FN2OS. The summed E-state index contributed by atoms with van der Waals surface area (Å²) in [5.41, 5.74) is 4.89. The topological polar surface area (TPSA) is 55.1 Å². The summed E-state index contributed by atoms with van der Waals surface area (Å²) < 4.78 is 16.3. The maximum Gasteiger partial charge on any atom is 0.322 e. The van der Waals surface area contributed by atoms with E-state index in [1.807, 2.05) is 0 Å². The van der Waals surface area contributed by atoms with E-state index in [9.17, 15) is 9.18 Å². The van der Waals surface area contributed by atoms with Crippen LogP contribution in [0.4, 0.5) is 9.18 Å². The molecule has 14 heavy (non-hydrogen) atoms. The van der Waals surface area contributed by atoms with Gasteiger partial charge in [0.25, 0.3) is 0 Å². The number of nitrogens with two attached hydrogens (primary N) is 1. The van der Waals surface area contributed by atoms with E-state index in [2.05, 4.69) is 36.6 Å². The number of carbonyl (C=O) groups is 1. The van der Waals surface area contributed by atoms with Crippen LogP contribution in [0.25, 0.3) is 0 Å². The normalized spacial score (nSPS) is 9.93. The third-order valence-electron chi connectivity index (χ3n) is 1.22. The third kappa shape index (κ3) is 3.14. The van der Waals surface area contributed by atoms with Crippen molar-refractivity contribution in [3.63, 3.8) is 0 Å². The lowest BCUT2D eigenvalue weighted by atomic mass is 10.3. The van der Waals surface area contributed by atoms with Crippen molar-refractivity contribution in [2.45, 2.75) is 4.90 Å². The zero-order valence-electron chi connectivity index (χ0n) is 6.68. The second kappa shape index (κ2) is 4.99. The summed E-state index contributed by atoms with van der Waals surface area (Å²) in [6.45, 7) is 0. The number of hydrogen-bond donors (Lipinski definition) is 2. The van der Waals surface area contributed by atoms with E-state index in [0.29, 0.717) is 13.8 Å². The first-order valence-electron chi connectivity index (χ1n) is 3.37. The molecule has 0 saturated heterocycles. The summed E-state index contributed by atoms with van der Waals surface area (Å²) in [5.74, 6) is -0.368. The molecule has 0 aliphatic rings. The molecule has 0 saturated carbocycles. The monoisotopic (exact) mass is 342 g/mol. The summed E-state index contributed by atoms with van der Waals surface area (Å²) in [4.78, 5) is 11.1. The van der Waals surface area contributed by atoms with Crippen molar-refractivity contribution in [1.82, 2.24) is 4.72 Å². The molecule has 1 aromatic rings. The molecule has 76 valence electrons. The smallest absolute Gasteiger partial charge is 0.322 e. The fraction of sp³-hybridized carbons (Fsp3) is 0. The van der Waals surface area contributed by atoms with Gasteiger partial charge in [-0.25, -0.2) is 9.18 Å². The van der Waals surface area contributed by atoms with Crippen LogP contribution in [0.5, 0.6) is 0 Å². The van der Waals surface area contributed by atoms with E-state index < -0.39 is 6.03 Å². The van der Waals surface area contributed by atoms with E-state index in [-0.39, 0.29) is 5.82 Å². The molecule has 0 atom stereocenters. The lowest BCUT2D eigenvalue weighted by molar-refractivity contribution is 0.254. The average Bonchev–Trinajstić information content (AvgIpc) is 2.01. The summed E-state index contributed by atoms with van der Waals surface area (Å²) in [7, 11) is 0. The van der Waals surface area contributed by atoms with E-state index in [4.69, 9.17) is 5.73 Å². The fourth-order valence-electron chi connectivity index (χ4n) is 0.728. The first-order valence-corrected chi connectivity index (χ1v) is 5.78. The number of hydrogen-bond acceptors (Lipinski definition) is 2. The Balaban J connectivity index is 2.91. The molecule has 0 aliphatic heterocycles. The van der Waals surface area contributed by atoms with Gasteiger partial charge < -0.3 is 5.73 Å². The second-order valence-electron chi connectivity index (χ2n) is 2.27. The van der Waals surface area contributed by atoms with Gasteiger partial charge in [-0.2, -0.15) is 0 Å². The Kier molecular flexibility index (Phi) is 4.21. The van der Waals surface area contributed by atoms with Crippen LogP contribution in [0, 0.1) is 5.82 Å². The Bertz CT molecular complexity index is 352. The molecule has 0 aromatic heterocycles. The Labute approximate surface area is 101 Å². The number of amides is 2. The standard InChI is InChI=1S/C7H5Br2FN2OS/c8-4-1-3(10)2-5(9)6(4)14-12-7(11)13/h1-2H,(H3,11,12,13). The quantitative estimate of drug-likeness (QED) is 0.811. The molecule has 0 radical (unpaired) electrons. The van der Waals surface area contributed by atoms with Crippen molar-refractivity contribution >= 4 is 49.8 Å². The van der Waals surface area contributed by atoms with Crippen LogP contribution in [-0.4, -0.2) is 6.03 Å². The highest BCUT2D eigenvalue weighted by molar-refractivity contribution is 9.11. The van der Waals surface area contributed by atoms with Crippen molar-refractivity contribution < 1.29 is 9.18 Å². The van der Waals surface area contributed by atoms with Gasteiger partial charge in [0.1, 0.15) is 5.82 Å². The summed E-state index contributed by atoms with van der Waals surface area (Å²) in [6, 6.07) is 1.95. The minimum Gasteiger partial charge on any atom is -0.351 e. The van der Waals surface area contributed by atoms with Crippen LogP contribution >= 0.6 is 43.8 Å². The van der Waals surface area contributed by atoms with Crippen LogP contribution in [-0.2, 0) is 0 Å². The maximum absolute atomic E-state index is 12.8. The Morgan fingerprint density at radius 3 is 2.36 bits per heavy atom. The number of nitrogens with one attached hydrogen (secondary N) is 1. The molecule has 0 bridgehead atoms. The Morgan fingerprint density at radius 2 is 1.93 bits per heavy atom. The molecule has 0 unspecified atom stereocenters. The van der Waals surface area contributed by atoms with Gasteiger partial charge in [-0.3, -0.25) is 4.72 Å². The van der Waals surface area contributed by atoms with Crippen molar-refractivity contribution in [2.75, 3.05) is 0 Å². The fourth-order valence-corrected chi connectivity index (χ4v) is 2.86. The lowest BCUT2D eigenvalue weighted by Gasteiger charge is -2.06. The second-order valence-corrected chi connectivity index (χ2v) is 4.79. The van der Waals surface area contributed by atoms with Crippen molar-refractivity contribution in [3.05, 3.63) is 26.9 Å². The number of rotatable bonds is 2. The van der Waals surface area contributed by atoms with Crippen molar-refractivity contribution in [3.8, 4) is 0 Å². The molecule has 1 rings (SSSR count). The van der Waals surface area contributed by atoms with Gasteiger partial charge >= 0.3 is 6.03 Å². The molecular weight excluding hydrogens is 339 g/mol. The Hall–Kier alpha value is -0.270. The van der Waals surface area contributed by atoms with Crippen LogP contribution in [0.1, 0.15) is 0 Å². The van der Waals surface area contributed by atoms with Gasteiger partial charge in [0, 0.05) is 8.95 Å². The van der Waals surface area contributed by atoms with Crippen LogP contribution in [0.15, 0.2) is 26.0 Å². The van der Waals surface area contributed by atoms with Crippen molar-refractivity contribution in [2.24, 2.45) is 5.73 Å². The number of halogens is 3. The molecule has 3 nitrogen and oxygen atoms in total. The Morgan fingerprint density at radius 1 is 1.43 bits per heavy atom. The van der Waals surface area contributed by atoms with Gasteiger partial charge in [-0.1, -0.05) is 0 Å². The summed E-state index contributed by atoms with van der Waals surface area (Å²) in [6.07, 6.45) is 0. The molecule has 7 heteroatoms. The lowest BCUT2D eigenvalue weighted by Crippen LogP contribution is -2.22. The molecule has 0 aliphatic carbocycles. The highest BCUT2D eigenvalue weighted by atomic mass is 79.9. The number of primary amides is 1. The van der Waals surface area contributed by atoms with Crippen LogP contribution in [0.2, 0.25) is 0 Å². The largest absolute Gasteiger partial charge is 0.351 e. The minimum absolute atomic E-state index is 0.368. The van der Waals surface area contributed by atoms with Crippen molar-refractivity contribution in [1.29, 1.82) is 0 Å². The molecule has 1 aromatic carbocycles. The predicted octanol–water partition coefficient (Wildman–Crippen LogP) is 3.03. The minimum atomic E-state index is -0.655. The van der Waals surface area contributed by atoms with Crippen LogP contribution in [0.3, 0.4) is 0 Å². The highest BCUT2D eigenvalue weighted by Gasteiger charge is 2.09. The van der Waals surface area contributed by atoms with E-state index >= 15 is 0 Å². The zero-order valence-corrected chi connectivity index (χ0v) is 10.7. The third-order valence-corrected chi connectivity index (χ3v) is 3.94. The van der Waals surface area contributed by atoms with Gasteiger partial charge in [0.2, 0.25) is 0 Å². The van der Waals surface area contributed by atoms with Crippen LogP contribution < -0.4 is 10.5 Å². The maximum atomic E-state index is 12.8. The van der Waals surface area contributed by atoms with E-state index in [1.54, 1.807) is 0 Å². The number of carbonyl (C=O) groups excluding carboxylic acids is 1. The van der Waals surface area contributed by atoms with Gasteiger partial charge in [0.15, 0.2) is 0 Å². The molecule has 0 heterocycles. The van der Waals surface area contributed by atoms with Gasteiger partial charge in [-0.15, -0.1) is 0 Å². The number of benzene rings is 1. The molecule has 0 fully saturated rings. The van der Waals surface area contributed by atoms with E-state index in [0.717, 1.165) is 11.9 Å². The van der Waals surface area contributed by atoms with Gasteiger partial charge in [0.05, 0.1) is 4.90 Å². The first kappa shape index (κ1) is 11.8. The summed E-state index contributed by atoms with van der Waals surface area (Å²) >= 11 is 7.34. The molecule has 2 amide bonds. The van der Waals surface area contributed by atoms with E-state index in [1.165, 1.54) is 12.1 Å². The molecule has 0 spiro atoms. The zero-order chi connectivity index (χ0) is 10.7. The first-order chi connectivity index (χ1) is 6.50. The SMILES string of the molecule is NC(=O)NSc1c(Br)cc(F)cc1Br. The average molecular weight is 344 g/mol. The molecule has 3 N–H and O–H groups in total. The highest BCUT2D eigenvalue weighted by Crippen LogP contribution is 2.33.